The molecule has 1 aromatic carbocycles. The number of carbonyl (C=O) groups excluding carboxylic acids is 1. The SMILES string of the molecule is CCC(C)[C@H](NC(=O)NCc1cccc(C)c1)C(=O)O. The second-order valence-electron chi connectivity index (χ2n) is 5.02. The lowest BCUT2D eigenvalue weighted by Crippen LogP contribution is -2.48. The predicted octanol–water partition coefficient (Wildman–Crippen LogP) is 2.29. The number of hydrogen-bond donors (Lipinski definition) is 3. The first-order valence-corrected chi connectivity index (χ1v) is 6.76. The first-order valence-electron chi connectivity index (χ1n) is 6.76. The van der Waals surface area contributed by atoms with Crippen molar-refractivity contribution in [2.24, 2.45) is 5.92 Å². The number of amides is 2. The lowest BCUT2D eigenvalue weighted by atomic mass is 9.99. The Bertz CT molecular complexity index is 474. The molecule has 110 valence electrons. The molecule has 0 fully saturated rings. The summed E-state index contributed by atoms with van der Waals surface area (Å²) in [7, 11) is 0. The normalized spacial score (nSPS) is 13.3. The van der Waals surface area contributed by atoms with Crippen LogP contribution in [0.15, 0.2) is 24.3 Å². The van der Waals surface area contributed by atoms with Crippen LogP contribution in [0, 0.1) is 12.8 Å². The molecule has 5 heteroatoms. The van der Waals surface area contributed by atoms with Crippen molar-refractivity contribution in [1.82, 2.24) is 10.6 Å². The van der Waals surface area contributed by atoms with Crippen molar-refractivity contribution in [3.63, 3.8) is 0 Å². The fourth-order valence-corrected chi connectivity index (χ4v) is 1.88. The molecule has 0 bridgehead atoms. The zero-order valence-corrected chi connectivity index (χ0v) is 12.1. The van der Waals surface area contributed by atoms with E-state index < -0.39 is 18.0 Å². The molecule has 2 atom stereocenters. The van der Waals surface area contributed by atoms with E-state index in [9.17, 15) is 9.59 Å². The summed E-state index contributed by atoms with van der Waals surface area (Å²) in [6.45, 7) is 6.06. The molecule has 0 aliphatic rings. The van der Waals surface area contributed by atoms with Crippen molar-refractivity contribution in [2.75, 3.05) is 0 Å². The van der Waals surface area contributed by atoms with E-state index in [4.69, 9.17) is 5.11 Å². The van der Waals surface area contributed by atoms with Gasteiger partial charge in [0.25, 0.3) is 0 Å². The van der Waals surface area contributed by atoms with Crippen molar-refractivity contribution in [1.29, 1.82) is 0 Å². The van der Waals surface area contributed by atoms with Crippen LogP contribution >= 0.6 is 0 Å². The van der Waals surface area contributed by atoms with Gasteiger partial charge >= 0.3 is 12.0 Å². The Morgan fingerprint density at radius 3 is 2.60 bits per heavy atom. The third-order valence-corrected chi connectivity index (χ3v) is 3.30. The molecule has 0 aromatic heterocycles. The summed E-state index contributed by atoms with van der Waals surface area (Å²) in [6, 6.07) is 6.47. The van der Waals surface area contributed by atoms with E-state index in [0.717, 1.165) is 11.1 Å². The minimum atomic E-state index is -1.01. The Hall–Kier alpha value is -2.04. The number of carbonyl (C=O) groups is 2. The number of carboxylic acid groups (broad SMARTS) is 1. The van der Waals surface area contributed by atoms with Gasteiger partial charge in [-0.1, -0.05) is 50.1 Å². The number of rotatable bonds is 6. The fraction of sp³-hybridized carbons (Fsp3) is 0.467. The van der Waals surface area contributed by atoms with E-state index >= 15 is 0 Å². The summed E-state index contributed by atoms with van der Waals surface area (Å²) in [6.07, 6.45) is 0.690. The van der Waals surface area contributed by atoms with Crippen LogP contribution in [0.1, 0.15) is 31.4 Å². The lowest BCUT2D eigenvalue weighted by Gasteiger charge is -2.20. The smallest absolute Gasteiger partial charge is 0.326 e. The second kappa shape index (κ2) is 7.53. The molecule has 2 amide bonds. The number of nitrogens with one attached hydrogen (secondary N) is 2. The van der Waals surface area contributed by atoms with Gasteiger partial charge < -0.3 is 15.7 Å². The van der Waals surface area contributed by atoms with E-state index in [-0.39, 0.29) is 5.92 Å². The molecule has 0 aliphatic heterocycles. The summed E-state index contributed by atoms with van der Waals surface area (Å²) in [4.78, 5) is 22.9. The Labute approximate surface area is 119 Å². The maximum Gasteiger partial charge on any atom is 0.326 e. The van der Waals surface area contributed by atoms with Crippen LogP contribution in [0.3, 0.4) is 0 Å². The highest BCUT2D eigenvalue weighted by atomic mass is 16.4. The van der Waals surface area contributed by atoms with Gasteiger partial charge in [0.05, 0.1) is 0 Å². The van der Waals surface area contributed by atoms with Gasteiger partial charge in [-0.2, -0.15) is 0 Å². The fourth-order valence-electron chi connectivity index (χ4n) is 1.88. The molecule has 1 rings (SSSR count). The molecule has 1 aromatic rings. The number of benzene rings is 1. The Kier molecular flexibility index (Phi) is 6.03. The van der Waals surface area contributed by atoms with Crippen LogP contribution in [0.2, 0.25) is 0 Å². The highest BCUT2D eigenvalue weighted by molar-refractivity contribution is 5.82. The first-order chi connectivity index (χ1) is 9.43. The molecule has 3 N–H and O–H groups in total. The summed E-state index contributed by atoms with van der Waals surface area (Å²) in [5.41, 5.74) is 2.10. The van der Waals surface area contributed by atoms with Gasteiger partial charge in [0.15, 0.2) is 0 Å². The largest absolute Gasteiger partial charge is 0.480 e. The monoisotopic (exact) mass is 278 g/mol. The van der Waals surface area contributed by atoms with Crippen molar-refractivity contribution in [2.45, 2.75) is 39.8 Å². The lowest BCUT2D eigenvalue weighted by molar-refractivity contribution is -0.140. The van der Waals surface area contributed by atoms with Crippen LogP contribution < -0.4 is 10.6 Å². The van der Waals surface area contributed by atoms with Crippen LogP contribution in [-0.4, -0.2) is 23.1 Å². The average Bonchev–Trinajstić information content (AvgIpc) is 2.41. The molecular weight excluding hydrogens is 256 g/mol. The molecule has 5 nitrogen and oxygen atoms in total. The van der Waals surface area contributed by atoms with E-state index in [0.29, 0.717) is 13.0 Å². The van der Waals surface area contributed by atoms with Gasteiger partial charge in [0.2, 0.25) is 0 Å². The maximum absolute atomic E-state index is 11.8. The van der Waals surface area contributed by atoms with E-state index in [1.807, 2.05) is 38.1 Å². The third-order valence-electron chi connectivity index (χ3n) is 3.30. The minimum Gasteiger partial charge on any atom is -0.480 e. The Balaban J connectivity index is 2.52. The first kappa shape index (κ1) is 16.0. The molecule has 20 heavy (non-hydrogen) atoms. The van der Waals surface area contributed by atoms with Gasteiger partial charge in [-0.15, -0.1) is 0 Å². The topological polar surface area (TPSA) is 78.4 Å². The van der Waals surface area contributed by atoms with Crippen molar-refractivity contribution >= 4 is 12.0 Å². The van der Waals surface area contributed by atoms with Crippen LogP contribution in [0.5, 0.6) is 0 Å². The Morgan fingerprint density at radius 2 is 2.05 bits per heavy atom. The van der Waals surface area contributed by atoms with Crippen LogP contribution in [0.4, 0.5) is 4.79 Å². The molecule has 0 radical (unpaired) electrons. The van der Waals surface area contributed by atoms with Gasteiger partial charge in [-0.25, -0.2) is 9.59 Å². The highest BCUT2D eigenvalue weighted by Gasteiger charge is 2.24. The van der Waals surface area contributed by atoms with Gasteiger partial charge in [-0.05, 0) is 18.4 Å². The number of urea groups is 1. The summed E-state index contributed by atoms with van der Waals surface area (Å²) < 4.78 is 0. The standard InChI is InChI=1S/C15H22N2O3/c1-4-11(3)13(14(18)19)17-15(20)16-9-12-7-5-6-10(2)8-12/h5-8,11,13H,4,9H2,1-3H3,(H,18,19)(H2,16,17,20)/t11?,13-/m0/s1. The number of hydrogen-bond acceptors (Lipinski definition) is 2. The summed E-state index contributed by atoms with van der Waals surface area (Å²) in [5, 5.41) is 14.3. The third kappa shape index (κ3) is 4.91. The molecule has 0 saturated heterocycles. The number of aryl methyl sites for hydroxylation is 1. The zero-order valence-electron chi connectivity index (χ0n) is 12.1. The van der Waals surface area contributed by atoms with E-state index in [2.05, 4.69) is 10.6 Å². The highest BCUT2D eigenvalue weighted by Crippen LogP contribution is 2.08. The minimum absolute atomic E-state index is 0.114. The summed E-state index contributed by atoms with van der Waals surface area (Å²) in [5.74, 6) is -1.12. The number of carboxylic acids is 1. The van der Waals surface area contributed by atoms with Crippen molar-refractivity contribution < 1.29 is 14.7 Å². The predicted molar refractivity (Wildman–Crippen MR) is 77.4 cm³/mol. The molecular formula is C15H22N2O3. The average molecular weight is 278 g/mol. The molecule has 0 heterocycles. The molecule has 0 aliphatic carbocycles. The maximum atomic E-state index is 11.8. The molecule has 1 unspecified atom stereocenters. The quantitative estimate of drug-likeness (QED) is 0.747. The van der Waals surface area contributed by atoms with E-state index in [1.54, 1.807) is 6.92 Å². The number of aliphatic carboxylic acids is 1. The molecule has 0 saturated carbocycles. The van der Waals surface area contributed by atoms with Gasteiger partial charge in [0, 0.05) is 6.54 Å². The van der Waals surface area contributed by atoms with Crippen LogP contribution in [0.25, 0.3) is 0 Å². The van der Waals surface area contributed by atoms with Crippen molar-refractivity contribution in [3.05, 3.63) is 35.4 Å². The zero-order chi connectivity index (χ0) is 15.1. The van der Waals surface area contributed by atoms with Crippen LogP contribution in [-0.2, 0) is 11.3 Å². The Morgan fingerprint density at radius 1 is 1.35 bits per heavy atom. The van der Waals surface area contributed by atoms with Gasteiger partial charge in [0.1, 0.15) is 6.04 Å². The van der Waals surface area contributed by atoms with E-state index in [1.165, 1.54) is 0 Å². The molecule has 0 spiro atoms. The summed E-state index contributed by atoms with van der Waals surface area (Å²) >= 11 is 0. The van der Waals surface area contributed by atoms with Crippen molar-refractivity contribution in [3.8, 4) is 0 Å². The second-order valence-corrected chi connectivity index (χ2v) is 5.02. The van der Waals surface area contributed by atoms with Gasteiger partial charge in [-0.3, -0.25) is 0 Å².